The molecule has 2 saturated heterocycles. The van der Waals surface area contributed by atoms with Gasteiger partial charge >= 0.3 is 31.7 Å². The average molecular weight is 1750 g/mol. The van der Waals surface area contributed by atoms with Crippen LogP contribution in [0.15, 0.2) is 0 Å². The Kier molecular flexibility index (Phi) is 72.0. The molecule has 0 aliphatic carbocycles. The van der Waals surface area contributed by atoms with E-state index in [0.717, 1.165) is 199 Å². The van der Waals surface area contributed by atoms with Crippen molar-refractivity contribution in [2.24, 2.45) is 0 Å². The second-order valence-electron chi connectivity index (χ2n) is 35.7. The number of amides is 2. The van der Waals surface area contributed by atoms with E-state index in [-0.39, 0.29) is 32.1 Å². The Balaban J connectivity index is 2.58. The summed E-state index contributed by atoms with van der Waals surface area (Å²) in [5, 5.41) is 62.7. The Hall–Kier alpha value is -3.39. The highest BCUT2D eigenvalue weighted by atomic mass is 31.2. The van der Waals surface area contributed by atoms with Crippen LogP contribution >= 0.6 is 7.82 Å². The average Bonchev–Trinajstić information content (AvgIpc) is 0.783. The Morgan fingerprint density at radius 1 is 0.347 bits per heavy atom. The first-order valence-electron chi connectivity index (χ1n) is 50.0. The third kappa shape index (κ3) is 60.9. The van der Waals surface area contributed by atoms with E-state index in [4.69, 9.17) is 37.7 Å². The largest absolute Gasteiger partial charge is 0.470 e. The van der Waals surface area contributed by atoms with Crippen molar-refractivity contribution in [3.05, 3.63) is 0 Å². The van der Waals surface area contributed by atoms with Gasteiger partial charge in [0.1, 0.15) is 60.9 Å². The maximum absolute atomic E-state index is 15.0. The fourth-order valence-corrected chi connectivity index (χ4v) is 17.3. The molecule has 14 atom stereocenters. The van der Waals surface area contributed by atoms with Gasteiger partial charge in [-0.1, -0.05) is 382 Å². The molecule has 2 aliphatic heterocycles. The molecule has 2 amide bonds. The van der Waals surface area contributed by atoms with Gasteiger partial charge in [0.05, 0.1) is 45.0 Å². The Bertz CT molecular complexity index is 2550. The minimum absolute atomic E-state index is 0.117. The van der Waals surface area contributed by atoms with E-state index in [1.807, 2.05) is 0 Å². The number of nitrogens with one attached hydrogen (secondary N) is 2. The van der Waals surface area contributed by atoms with Gasteiger partial charge < -0.3 is 79.1 Å². The molecule has 0 aromatic heterocycles. The molecule has 0 radical (unpaired) electrons. The van der Waals surface area contributed by atoms with Crippen LogP contribution in [-0.4, -0.2) is 170 Å². The zero-order valence-corrected chi connectivity index (χ0v) is 78.2. The number of hydrogen-bond donors (Lipinski definition) is 9. The third-order valence-electron chi connectivity index (χ3n) is 24.2. The van der Waals surface area contributed by atoms with E-state index in [1.165, 1.54) is 141 Å². The molecule has 2 rings (SSSR count). The maximum atomic E-state index is 15.0. The van der Waals surface area contributed by atoms with Gasteiger partial charge in [-0.05, 0) is 57.8 Å². The van der Waals surface area contributed by atoms with Crippen LogP contribution in [0.1, 0.15) is 478 Å². The molecule has 0 spiro atoms. The molecule has 0 saturated carbocycles. The number of aliphatic hydroxyl groups excluding tert-OH is 5. The number of hydrogen-bond acceptors (Lipinski definition) is 20. The lowest BCUT2D eigenvalue weighted by Crippen LogP contribution is -2.67. The van der Waals surface area contributed by atoms with Gasteiger partial charge in [0.15, 0.2) is 18.7 Å². The van der Waals surface area contributed by atoms with Crippen LogP contribution in [0.4, 0.5) is 0 Å². The van der Waals surface area contributed by atoms with Gasteiger partial charge in [-0.2, -0.15) is 0 Å². The predicted molar refractivity (Wildman–Crippen MR) is 479 cm³/mol. The summed E-state index contributed by atoms with van der Waals surface area (Å²) in [4.78, 5) is 106. The maximum Gasteiger partial charge on any atom is 0.470 e. The molecule has 0 aromatic rings. The Labute approximate surface area is 733 Å². The molecule has 1 unspecified atom stereocenters. The van der Waals surface area contributed by atoms with Crippen LogP contribution in [0, 0.1) is 0 Å². The van der Waals surface area contributed by atoms with E-state index < -0.39 is 155 Å². The van der Waals surface area contributed by atoms with Gasteiger partial charge in [0.25, 0.3) is 0 Å². The SMILES string of the molecule is CCCCCCCCCCCCCC(=O)O[C@H](CCCCCCCCCCC)CC(=O)O[C@@H]1[C@@H](NC(=O)C[C@@H](CCCCCCCCCCC)OC(=O)CCCCCCCCCCC)[C@H](OC[C@H]2OC(O)[C@H](NC(=O)C[C@@H](CCCCCCCCCCC)OC(=O)C[C@H](O)CCCCCCCCCCCCC)[C@@H](O)[C@@H]2O)O[C@H](CO)[C@H]1OP(=O)(O)O. The molecule has 2 fully saturated rings. The van der Waals surface area contributed by atoms with E-state index >= 15 is 0 Å². The highest BCUT2D eigenvalue weighted by molar-refractivity contribution is 7.46. The molecule has 0 bridgehead atoms. The minimum atomic E-state index is -5.59. The van der Waals surface area contributed by atoms with Crippen molar-refractivity contribution in [2.45, 2.75) is 564 Å². The van der Waals surface area contributed by atoms with E-state index in [9.17, 15) is 68.7 Å². The van der Waals surface area contributed by atoms with Crippen LogP contribution in [0.3, 0.4) is 0 Å². The Morgan fingerprint density at radius 2 is 0.653 bits per heavy atom. The Morgan fingerprint density at radius 3 is 0.992 bits per heavy atom. The molecular formula is C96H181N2O22P. The molecule has 0 aromatic carbocycles. The summed E-state index contributed by atoms with van der Waals surface area (Å²) in [6.45, 7) is 11.3. The second kappa shape index (κ2) is 76.6. The summed E-state index contributed by atoms with van der Waals surface area (Å²) < 4.78 is 61.3. The van der Waals surface area contributed by atoms with Crippen molar-refractivity contribution in [3.63, 3.8) is 0 Å². The summed E-state index contributed by atoms with van der Waals surface area (Å²) in [5.74, 6) is -4.20. The smallest absolute Gasteiger partial charge is 0.462 e. The van der Waals surface area contributed by atoms with Crippen LogP contribution in [0.5, 0.6) is 0 Å². The summed E-state index contributed by atoms with van der Waals surface area (Å²) >= 11 is 0. The van der Waals surface area contributed by atoms with Crippen molar-refractivity contribution in [2.75, 3.05) is 13.2 Å². The summed E-state index contributed by atoms with van der Waals surface area (Å²) in [5.41, 5.74) is 0. The number of phosphoric ester groups is 1. The third-order valence-corrected chi connectivity index (χ3v) is 24.7. The van der Waals surface area contributed by atoms with E-state index in [0.29, 0.717) is 51.4 Å². The van der Waals surface area contributed by atoms with Crippen LogP contribution in [0.2, 0.25) is 0 Å². The van der Waals surface area contributed by atoms with Crippen LogP contribution < -0.4 is 10.6 Å². The monoisotopic (exact) mass is 1750 g/mol. The molecule has 2 heterocycles. The predicted octanol–water partition coefficient (Wildman–Crippen LogP) is 21.3. The quantitative estimate of drug-likeness (QED) is 0.0118. The lowest BCUT2D eigenvalue weighted by atomic mass is 9.95. The molecule has 2 aliphatic rings. The standard InChI is InChI=1S/C96H181N2O22P/c1-7-13-19-25-31-37-39-45-47-53-59-65-77(100)71-87(105)116-79(67-61-55-49-42-34-28-22-16-10-4)73-83(101)97-89-92(108)91(107)82(117-95(89)109)76-113-96-90(98-84(102)72-78(66-60-54-48-41-33-27-21-15-9-3)114-85(103)69-63-57-51-44-36-30-24-18-12-6)94(93(81(75-99)118-96)120-121(110,111)112)119-88(106)74-80(68-62-56-50-43-35-29-23-17-11-5)115-86(104)70-64-58-52-46-40-38-32-26-20-14-8-2/h77-82,89-96,99-100,107-109H,7-76H2,1-6H3,(H,97,101)(H,98,102)(H2,110,111,112)/t77-,78-,79-,80-,81-,82-,89-,90-,91-,92-,93-,94-,95?,96-/m1/s1. The summed E-state index contributed by atoms with van der Waals surface area (Å²) in [6.07, 6.45) is 42.3. The molecule has 121 heavy (non-hydrogen) atoms. The topological polar surface area (TPSA) is 359 Å². The normalized spacial score (nSPS) is 20.4. The van der Waals surface area contributed by atoms with Crippen LogP contribution in [0.25, 0.3) is 0 Å². The number of esters is 4. The zero-order valence-electron chi connectivity index (χ0n) is 77.3. The highest BCUT2D eigenvalue weighted by Gasteiger charge is 2.53. The molecule has 25 heteroatoms. The number of rotatable bonds is 84. The van der Waals surface area contributed by atoms with E-state index in [2.05, 4.69) is 52.2 Å². The minimum Gasteiger partial charge on any atom is -0.462 e. The molecule has 9 N–H and O–H groups in total. The summed E-state index contributed by atoms with van der Waals surface area (Å²) in [7, 11) is -5.59. The van der Waals surface area contributed by atoms with Gasteiger partial charge in [0, 0.05) is 12.8 Å². The fraction of sp³-hybridized carbons (Fsp3) is 0.938. The first-order chi connectivity index (χ1) is 58.6. The second-order valence-corrected chi connectivity index (χ2v) is 36.8. The number of phosphoric acid groups is 1. The lowest BCUT2D eigenvalue weighted by molar-refractivity contribution is -0.297. The van der Waals surface area contributed by atoms with Crippen molar-refractivity contribution >= 4 is 43.5 Å². The first kappa shape index (κ1) is 114. The van der Waals surface area contributed by atoms with Crippen molar-refractivity contribution in [1.82, 2.24) is 10.6 Å². The van der Waals surface area contributed by atoms with Gasteiger partial charge in [-0.25, -0.2) is 4.57 Å². The van der Waals surface area contributed by atoms with Gasteiger partial charge in [-0.15, -0.1) is 0 Å². The summed E-state index contributed by atoms with van der Waals surface area (Å²) in [6, 6.07) is -3.43. The van der Waals surface area contributed by atoms with Crippen molar-refractivity contribution < 1.29 is 106 Å². The highest BCUT2D eigenvalue weighted by Crippen LogP contribution is 2.43. The molecular weight excluding hydrogens is 1560 g/mol. The first-order valence-corrected chi connectivity index (χ1v) is 51.5. The number of ether oxygens (including phenoxy) is 7. The van der Waals surface area contributed by atoms with Gasteiger partial charge in [0.2, 0.25) is 11.8 Å². The number of aliphatic hydroxyl groups is 5. The number of unbranched alkanes of at least 4 members (excludes halogenated alkanes) is 52. The zero-order chi connectivity index (χ0) is 88.6. The van der Waals surface area contributed by atoms with Crippen LogP contribution in [-0.2, 0) is 71.0 Å². The number of carbonyl (C=O) groups is 6. The number of carbonyl (C=O) groups excluding carboxylic acids is 6. The fourth-order valence-electron chi connectivity index (χ4n) is 16.7. The van der Waals surface area contributed by atoms with Gasteiger partial charge in [-0.3, -0.25) is 33.3 Å². The molecule has 712 valence electrons. The van der Waals surface area contributed by atoms with Crippen molar-refractivity contribution in [3.8, 4) is 0 Å². The molecule has 24 nitrogen and oxygen atoms in total. The van der Waals surface area contributed by atoms with Crippen molar-refractivity contribution in [1.29, 1.82) is 0 Å². The lowest BCUT2D eigenvalue weighted by Gasteiger charge is -2.46. The van der Waals surface area contributed by atoms with E-state index in [1.54, 1.807) is 0 Å².